The summed E-state index contributed by atoms with van der Waals surface area (Å²) in [6.07, 6.45) is 0. The lowest BCUT2D eigenvalue weighted by Crippen LogP contribution is -2.25. The van der Waals surface area contributed by atoms with Crippen LogP contribution in [-0.2, 0) is 11.8 Å². The van der Waals surface area contributed by atoms with Crippen LogP contribution in [0.15, 0.2) is 10.2 Å². The Morgan fingerprint density at radius 1 is 1.56 bits per heavy atom. The minimum Gasteiger partial charge on any atom is -0.506 e. The van der Waals surface area contributed by atoms with E-state index in [-0.39, 0.29) is 17.9 Å². The van der Waals surface area contributed by atoms with Crippen molar-refractivity contribution >= 4 is 28.2 Å². The summed E-state index contributed by atoms with van der Waals surface area (Å²) in [5.41, 5.74) is -0.224. The number of carbonyl (C=O) groups is 1. The molecule has 2 rings (SSSR count). The van der Waals surface area contributed by atoms with E-state index in [0.29, 0.717) is 10.9 Å². The normalized spacial score (nSPS) is 10.8. The highest BCUT2D eigenvalue weighted by Crippen LogP contribution is 2.33. The van der Waals surface area contributed by atoms with Crippen LogP contribution < -0.4 is 5.56 Å². The van der Waals surface area contributed by atoms with E-state index in [2.05, 4.69) is 0 Å². The van der Waals surface area contributed by atoms with Gasteiger partial charge in [-0.25, -0.2) is 4.79 Å². The van der Waals surface area contributed by atoms with Crippen molar-refractivity contribution in [2.75, 3.05) is 6.61 Å². The molecule has 5 nitrogen and oxygen atoms in total. The van der Waals surface area contributed by atoms with Crippen LogP contribution in [0.2, 0.25) is 0 Å². The zero-order valence-electron chi connectivity index (χ0n) is 10.3. The molecule has 6 heteroatoms. The number of ether oxygens (including phenoxy) is 1. The Labute approximate surface area is 107 Å². The average Bonchev–Trinajstić information content (AvgIpc) is 2.69. The molecule has 0 amide bonds. The molecule has 0 spiro atoms. The van der Waals surface area contributed by atoms with E-state index >= 15 is 0 Å². The van der Waals surface area contributed by atoms with Gasteiger partial charge in [0.25, 0.3) is 5.56 Å². The lowest BCUT2D eigenvalue weighted by Gasteiger charge is -2.08. The smallest absolute Gasteiger partial charge is 0.347 e. The molecule has 0 fully saturated rings. The molecule has 0 atom stereocenters. The molecule has 18 heavy (non-hydrogen) atoms. The van der Waals surface area contributed by atoms with E-state index < -0.39 is 11.5 Å². The van der Waals surface area contributed by atoms with Crippen molar-refractivity contribution < 1.29 is 14.6 Å². The van der Waals surface area contributed by atoms with Gasteiger partial charge in [0.2, 0.25) is 0 Å². The fourth-order valence-electron chi connectivity index (χ4n) is 1.87. The lowest BCUT2D eigenvalue weighted by molar-refractivity contribution is 0.0520. The molecule has 0 unspecified atom stereocenters. The highest BCUT2D eigenvalue weighted by molar-refractivity contribution is 7.11. The average molecular weight is 267 g/mol. The molecule has 96 valence electrons. The summed E-state index contributed by atoms with van der Waals surface area (Å²) >= 11 is 1.42. The molecule has 2 heterocycles. The first-order valence-corrected chi connectivity index (χ1v) is 6.33. The second-order valence-corrected chi connectivity index (χ2v) is 4.94. The number of esters is 1. The van der Waals surface area contributed by atoms with Crippen molar-refractivity contribution in [1.29, 1.82) is 0 Å². The van der Waals surface area contributed by atoms with Gasteiger partial charge in [-0.1, -0.05) is 0 Å². The standard InChI is InChI=1S/C12H13NO4S/c1-4-17-12(16)9-10(14)8-6(2)18-5-7(8)13(3)11(9)15/h5,14H,4H2,1-3H3. The molecular weight excluding hydrogens is 254 g/mol. The van der Waals surface area contributed by atoms with E-state index in [9.17, 15) is 14.7 Å². The van der Waals surface area contributed by atoms with E-state index in [1.165, 1.54) is 15.9 Å². The van der Waals surface area contributed by atoms with Gasteiger partial charge < -0.3 is 14.4 Å². The number of aromatic nitrogens is 1. The first-order valence-electron chi connectivity index (χ1n) is 5.45. The molecule has 0 aromatic carbocycles. The Hall–Kier alpha value is -1.82. The predicted octanol–water partition coefficient (Wildman–Crippen LogP) is 1.79. The summed E-state index contributed by atoms with van der Waals surface area (Å²) in [6, 6.07) is 0. The largest absolute Gasteiger partial charge is 0.506 e. The number of hydrogen-bond acceptors (Lipinski definition) is 5. The Kier molecular flexibility index (Phi) is 3.13. The van der Waals surface area contributed by atoms with Crippen molar-refractivity contribution in [2.45, 2.75) is 13.8 Å². The molecule has 0 aliphatic carbocycles. The summed E-state index contributed by atoms with van der Waals surface area (Å²) in [7, 11) is 1.57. The van der Waals surface area contributed by atoms with Crippen molar-refractivity contribution in [2.24, 2.45) is 7.05 Å². The molecule has 1 N–H and O–H groups in total. The quantitative estimate of drug-likeness (QED) is 0.842. The van der Waals surface area contributed by atoms with Gasteiger partial charge in [-0.2, -0.15) is 0 Å². The summed E-state index contributed by atoms with van der Waals surface area (Å²) in [6.45, 7) is 3.63. The second kappa shape index (κ2) is 4.45. The van der Waals surface area contributed by atoms with Gasteiger partial charge in [-0.3, -0.25) is 4.79 Å². The molecule has 0 saturated carbocycles. The maximum Gasteiger partial charge on any atom is 0.347 e. The van der Waals surface area contributed by atoms with E-state index in [1.54, 1.807) is 19.4 Å². The molecular formula is C12H13NO4S. The third-order valence-corrected chi connectivity index (χ3v) is 3.69. The summed E-state index contributed by atoms with van der Waals surface area (Å²) < 4.78 is 6.15. The van der Waals surface area contributed by atoms with Gasteiger partial charge in [0.15, 0.2) is 5.56 Å². The van der Waals surface area contributed by atoms with Crippen LogP contribution in [0.25, 0.3) is 10.9 Å². The predicted molar refractivity (Wildman–Crippen MR) is 69.4 cm³/mol. The Morgan fingerprint density at radius 3 is 2.83 bits per heavy atom. The maximum absolute atomic E-state index is 12.0. The van der Waals surface area contributed by atoms with E-state index in [4.69, 9.17) is 4.74 Å². The van der Waals surface area contributed by atoms with E-state index in [1.807, 2.05) is 6.92 Å². The van der Waals surface area contributed by atoms with Crippen LogP contribution in [0, 0.1) is 6.92 Å². The van der Waals surface area contributed by atoms with Crippen LogP contribution >= 0.6 is 11.3 Å². The highest BCUT2D eigenvalue weighted by atomic mass is 32.1. The number of thiophene rings is 1. The molecule has 2 aromatic heterocycles. The monoisotopic (exact) mass is 267 g/mol. The first kappa shape index (κ1) is 12.6. The SMILES string of the molecule is CCOC(=O)c1c(O)c2c(C)scc2n(C)c1=O. The number of pyridine rings is 1. The number of nitrogens with zero attached hydrogens (tertiary/aromatic N) is 1. The van der Waals surface area contributed by atoms with Crippen molar-refractivity contribution in [3.8, 4) is 5.75 Å². The number of aryl methyl sites for hydroxylation is 2. The van der Waals surface area contributed by atoms with Gasteiger partial charge in [-0.15, -0.1) is 11.3 Å². The van der Waals surface area contributed by atoms with Crippen LogP contribution in [-0.4, -0.2) is 22.2 Å². The highest BCUT2D eigenvalue weighted by Gasteiger charge is 2.23. The van der Waals surface area contributed by atoms with Gasteiger partial charge in [0.05, 0.1) is 17.5 Å². The van der Waals surface area contributed by atoms with E-state index in [0.717, 1.165) is 4.88 Å². The van der Waals surface area contributed by atoms with Crippen LogP contribution in [0.3, 0.4) is 0 Å². The molecule has 0 saturated heterocycles. The molecule has 0 aliphatic heterocycles. The van der Waals surface area contributed by atoms with Crippen molar-refractivity contribution in [1.82, 2.24) is 4.57 Å². The molecule has 2 aromatic rings. The number of carbonyl (C=O) groups excluding carboxylic acids is 1. The van der Waals surface area contributed by atoms with Crippen molar-refractivity contribution in [3.63, 3.8) is 0 Å². The van der Waals surface area contributed by atoms with Gasteiger partial charge in [-0.05, 0) is 13.8 Å². The number of rotatable bonds is 2. The second-order valence-electron chi connectivity index (χ2n) is 3.86. The van der Waals surface area contributed by atoms with Crippen LogP contribution in [0.5, 0.6) is 5.75 Å². The summed E-state index contributed by atoms with van der Waals surface area (Å²) in [4.78, 5) is 24.6. The summed E-state index contributed by atoms with van der Waals surface area (Å²) in [5, 5.41) is 12.4. The fourth-order valence-corrected chi connectivity index (χ4v) is 2.75. The Bertz CT molecular complexity index is 683. The van der Waals surface area contributed by atoms with Gasteiger partial charge in [0.1, 0.15) is 5.75 Å². The third kappa shape index (κ3) is 1.69. The zero-order valence-corrected chi connectivity index (χ0v) is 11.1. The van der Waals surface area contributed by atoms with Crippen molar-refractivity contribution in [3.05, 3.63) is 26.2 Å². The Morgan fingerprint density at radius 2 is 2.22 bits per heavy atom. The number of aromatic hydroxyl groups is 1. The Balaban J connectivity index is 2.86. The minimum absolute atomic E-state index is 0.155. The number of fused-ring (bicyclic) bond motifs is 1. The third-order valence-electron chi connectivity index (χ3n) is 2.79. The zero-order chi connectivity index (χ0) is 13.4. The van der Waals surface area contributed by atoms with Crippen LogP contribution in [0.4, 0.5) is 0 Å². The van der Waals surface area contributed by atoms with Gasteiger partial charge in [0, 0.05) is 17.3 Å². The first-order chi connectivity index (χ1) is 8.49. The number of hydrogen-bond donors (Lipinski definition) is 1. The van der Waals surface area contributed by atoms with Gasteiger partial charge >= 0.3 is 5.97 Å². The summed E-state index contributed by atoms with van der Waals surface area (Å²) in [5.74, 6) is -1.08. The molecule has 0 aliphatic rings. The topological polar surface area (TPSA) is 68.5 Å². The minimum atomic E-state index is -0.789. The molecule has 0 bridgehead atoms. The fraction of sp³-hybridized carbons (Fsp3) is 0.333. The van der Waals surface area contributed by atoms with Crippen LogP contribution in [0.1, 0.15) is 22.2 Å². The maximum atomic E-state index is 12.0. The lowest BCUT2D eigenvalue weighted by atomic mass is 10.1. The molecule has 0 radical (unpaired) electrons.